The largest absolute Gasteiger partial charge is 0.481 e. The van der Waals surface area contributed by atoms with Crippen LogP contribution in [0.4, 0.5) is 10.6 Å². The molecule has 0 saturated heterocycles. The van der Waals surface area contributed by atoms with Crippen LogP contribution in [0.2, 0.25) is 0 Å². The number of aromatic nitrogens is 4. The molecule has 0 amide bonds. The van der Waals surface area contributed by atoms with Crippen LogP contribution >= 0.6 is 0 Å². The van der Waals surface area contributed by atoms with Crippen LogP contribution in [0.3, 0.4) is 0 Å². The fourth-order valence-corrected chi connectivity index (χ4v) is 5.19. The highest BCUT2D eigenvalue weighted by Gasteiger charge is 2.23. The quantitative estimate of drug-likeness (QED) is 0.220. The van der Waals surface area contributed by atoms with E-state index in [9.17, 15) is 19.5 Å². The summed E-state index contributed by atoms with van der Waals surface area (Å²) in [6, 6.07) is 13.1. The third-order valence-electron chi connectivity index (χ3n) is 7.12. The number of aliphatic carboxylic acids is 1. The summed E-state index contributed by atoms with van der Waals surface area (Å²) in [6.45, 7) is 5.61. The van der Waals surface area contributed by atoms with Gasteiger partial charge in [-0.25, -0.2) is 14.3 Å². The molecule has 2 aromatic carbocycles. The van der Waals surface area contributed by atoms with Crippen LogP contribution in [-0.4, -0.2) is 48.4 Å². The number of nitrogens with one attached hydrogen (secondary N) is 1. The lowest BCUT2D eigenvalue weighted by molar-refractivity contribution is -0.139. The van der Waals surface area contributed by atoms with Gasteiger partial charge in [0.15, 0.2) is 5.82 Å². The maximum atomic E-state index is 12.4. The Morgan fingerprint density at radius 2 is 1.88 bits per heavy atom. The highest BCUT2D eigenvalue weighted by Crippen LogP contribution is 2.37. The van der Waals surface area contributed by atoms with Gasteiger partial charge in [0.25, 0.3) is 0 Å². The van der Waals surface area contributed by atoms with Gasteiger partial charge in [0.1, 0.15) is 24.3 Å². The van der Waals surface area contributed by atoms with E-state index < -0.39 is 30.1 Å². The summed E-state index contributed by atoms with van der Waals surface area (Å²) in [4.78, 5) is 40.2. The zero-order valence-corrected chi connectivity index (χ0v) is 24.0. The molecule has 2 heterocycles. The SMILES string of the molecule is CC(C)(C)OC(=O)n1cnc(CNc2nn(C(C=O)CC(=O)O)c3cccc(-c4ccc(C5=CCCCC5)cc4)c23)c1. The van der Waals surface area contributed by atoms with Gasteiger partial charge in [-0.15, -0.1) is 0 Å². The van der Waals surface area contributed by atoms with E-state index in [2.05, 4.69) is 45.7 Å². The number of carboxylic acid groups (broad SMARTS) is 1. The number of benzene rings is 2. The number of carbonyl (C=O) groups excluding carboxylic acids is 2. The Bertz CT molecular complexity index is 1640. The molecule has 0 spiro atoms. The Labute approximate surface area is 244 Å². The number of fused-ring (bicyclic) bond motifs is 1. The maximum absolute atomic E-state index is 12.4. The van der Waals surface area contributed by atoms with Crippen LogP contribution in [-0.2, 0) is 20.9 Å². The van der Waals surface area contributed by atoms with Crippen LogP contribution in [0.1, 0.15) is 70.2 Å². The summed E-state index contributed by atoms with van der Waals surface area (Å²) in [5, 5.41) is 18.1. The Morgan fingerprint density at radius 3 is 2.55 bits per heavy atom. The fraction of sp³-hybridized carbons (Fsp3) is 0.344. The molecule has 5 rings (SSSR count). The Balaban J connectivity index is 1.50. The predicted molar refractivity (Wildman–Crippen MR) is 160 cm³/mol. The topological polar surface area (TPSA) is 128 Å². The summed E-state index contributed by atoms with van der Waals surface area (Å²) < 4.78 is 8.15. The highest BCUT2D eigenvalue weighted by atomic mass is 16.6. The number of carboxylic acids is 1. The number of carbonyl (C=O) groups is 3. The van der Waals surface area contributed by atoms with Gasteiger partial charge in [0, 0.05) is 6.20 Å². The van der Waals surface area contributed by atoms with Crippen LogP contribution in [0.25, 0.3) is 27.6 Å². The molecule has 0 radical (unpaired) electrons. The normalized spacial score (nSPS) is 14.3. The molecule has 1 unspecified atom stereocenters. The minimum Gasteiger partial charge on any atom is -0.481 e. The Morgan fingerprint density at radius 1 is 1.12 bits per heavy atom. The number of hydrogen-bond donors (Lipinski definition) is 2. The molecule has 10 heteroatoms. The summed E-state index contributed by atoms with van der Waals surface area (Å²) >= 11 is 0. The number of anilines is 1. The minimum absolute atomic E-state index is 0.230. The van der Waals surface area contributed by atoms with E-state index in [0.717, 1.165) is 29.4 Å². The second-order valence-corrected chi connectivity index (χ2v) is 11.5. The Kier molecular flexibility index (Phi) is 8.24. The van der Waals surface area contributed by atoms with E-state index in [1.165, 1.54) is 39.6 Å². The molecule has 2 aromatic heterocycles. The summed E-state index contributed by atoms with van der Waals surface area (Å²) in [7, 11) is 0. The maximum Gasteiger partial charge on any atom is 0.419 e. The van der Waals surface area contributed by atoms with E-state index >= 15 is 0 Å². The van der Waals surface area contributed by atoms with E-state index in [4.69, 9.17) is 4.74 Å². The van der Waals surface area contributed by atoms with Crippen LogP contribution in [0, 0.1) is 0 Å². The molecule has 1 atom stereocenters. The summed E-state index contributed by atoms with van der Waals surface area (Å²) in [6.07, 6.45) is 9.58. The molecule has 2 N–H and O–H groups in total. The van der Waals surface area contributed by atoms with Crippen molar-refractivity contribution in [2.24, 2.45) is 0 Å². The lowest BCUT2D eigenvalue weighted by Gasteiger charge is -2.19. The Hall–Kier alpha value is -4.73. The van der Waals surface area contributed by atoms with E-state index in [1.807, 2.05) is 18.2 Å². The van der Waals surface area contributed by atoms with Crippen molar-refractivity contribution in [3.63, 3.8) is 0 Å². The molecule has 4 aromatic rings. The first-order chi connectivity index (χ1) is 20.1. The number of imidazole rings is 1. The van der Waals surface area contributed by atoms with Crippen LogP contribution in [0.5, 0.6) is 0 Å². The lowest BCUT2D eigenvalue weighted by Crippen LogP contribution is -2.26. The van der Waals surface area contributed by atoms with Gasteiger partial charge in [-0.3, -0.25) is 9.48 Å². The molecule has 0 saturated carbocycles. The van der Waals surface area contributed by atoms with Crippen LogP contribution in [0.15, 0.2) is 61.1 Å². The van der Waals surface area contributed by atoms with E-state index in [1.54, 1.807) is 27.0 Å². The zero-order chi connectivity index (χ0) is 29.9. The standard InChI is InChI=1S/C32H35N5O5/c1-32(2,3)42-31(41)36-18-24(34-20-36)17-33-30-29-26(23-14-12-22(13-15-23)21-8-5-4-6-9-21)10-7-11-27(29)37(35-30)25(19-38)16-28(39)40/h7-8,10-15,18-20,25H,4-6,9,16-17H2,1-3H3,(H,33,35)(H,39,40). The number of hydrogen-bond acceptors (Lipinski definition) is 7. The first kappa shape index (κ1) is 28.8. The van der Waals surface area contributed by atoms with Crippen molar-refractivity contribution in [3.05, 3.63) is 72.3 Å². The third-order valence-corrected chi connectivity index (χ3v) is 7.12. The molecular weight excluding hydrogens is 534 g/mol. The van der Waals surface area contributed by atoms with Crippen molar-refractivity contribution in [2.45, 2.75) is 71.1 Å². The molecule has 1 aliphatic rings. The number of aldehydes is 1. The van der Waals surface area contributed by atoms with Crippen molar-refractivity contribution in [2.75, 3.05) is 5.32 Å². The first-order valence-electron chi connectivity index (χ1n) is 14.1. The number of rotatable bonds is 9. The third kappa shape index (κ3) is 6.43. The molecule has 1 aliphatic carbocycles. The van der Waals surface area contributed by atoms with Crippen molar-refractivity contribution in [1.82, 2.24) is 19.3 Å². The van der Waals surface area contributed by atoms with Crippen LogP contribution < -0.4 is 5.32 Å². The summed E-state index contributed by atoms with van der Waals surface area (Å²) in [5.74, 6) is -0.620. The van der Waals surface area contributed by atoms with Gasteiger partial charge in [-0.1, -0.05) is 42.5 Å². The average molecular weight is 570 g/mol. The van der Waals surface area contributed by atoms with E-state index in [-0.39, 0.29) is 6.54 Å². The van der Waals surface area contributed by atoms with Gasteiger partial charge >= 0.3 is 12.1 Å². The predicted octanol–water partition coefficient (Wildman–Crippen LogP) is 6.47. The minimum atomic E-state index is -1.10. The monoisotopic (exact) mass is 569 g/mol. The van der Waals surface area contributed by atoms with Gasteiger partial charge < -0.3 is 20.0 Å². The van der Waals surface area contributed by atoms with Gasteiger partial charge in [0.2, 0.25) is 0 Å². The molecule has 218 valence electrons. The molecule has 42 heavy (non-hydrogen) atoms. The molecule has 0 bridgehead atoms. The second kappa shape index (κ2) is 12.0. The van der Waals surface area contributed by atoms with Crippen molar-refractivity contribution in [1.29, 1.82) is 0 Å². The van der Waals surface area contributed by atoms with Gasteiger partial charge in [-0.05, 0) is 74.8 Å². The lowest BCUT2D eigenvalue weighted by atomic mass is 9.92. The first-order valence-corrected chi connectivity index (χ1v) is 14.1. The van der Waals surface area contributed by atoms with Crippen molar-refractivity contribution < 1.29 is 24.2 Å². The fourth-order valence-electron chi connectivity index (χ4n) is 5.19. The number of allylic oxidation sites excluding steroid dienone is 2. The molecular formula is C32H35N5O5. The van der Waals surface area contributed by atoms with Gasteiger partial charge in [0.05, 0.1) is 29.6 Å². The van der Waals surface area contributed by atoms with Gasteiger partial charge in [-0.2, -0.15) is 5.10 Å². The number of nitrogens with zero attached hydrogens (tertiary/aromatic N) is 4. The average Bonchev–Trinajstić information content (AvgIpc) is 3.60. The smallest absolute Gasteiger partial charge is 0.419 e. The highest BCUT2D eigenvalue weighted by molar-refractivity contribution is 6.03. The molecule has 0 aliphatic heterocycles. The molecule has 10 nitrogen and oxygen atoms in total. The second-order valence-electron chi connectivity index (χ2n) is 11.5. The molecule has 0 fully saturated rings. The summed E-state index contributed by atoms with van der Waals surface area (Å²) in [5.41, 5.74) is 5.01. The van der Waals surface area contributed by atoms with Crippen molar-refractivity contribution in [3.8, 4) is 11.1 Å². The van der Waals surface area contributed by atoms with Crippen molar-refractivity contribution >= 4 is 40.6 Å². The van der Waals surface area contributed by atoms with E-state index in [0.29, 0.717) is 23.3 Å². The zero-order valence-electron chi connectivity index (χ0n) is 24.0. The number of ether oxygens (including phenoxy) is 1.